The van der Waals surface area contributed by atoms with Crippen LogP contribution >= 0.6 is 11.8 Å². The van der Waals surface area contributed by atoms with Crippen molar-refractivity contribution >= 4 is 17.6 Å². The highest BCUT2D eigenvalue weighted by molar-refractivity contribution is 7.98. The van der Waals surface area contributed by atoms with Crippen LogP contribution in [0.15, 0.2) is 41.4 Å². The monoisotopic (exact) mass is 275 g/mol. The van der Waals surface area contributed by atoms with Gasteiger partial charge in [-0.15, -0.1) is 22.0 Å². The Labute approximate surface area is 117 Å². The van der Waals surface area contributed by atoms with E-state index in [1.807, 2.05) is 42.7 Å². The minimum atomic E-state index is 0.0932. The fraction of sp³-hybridized carbons (Fsp3) is 0.286. The van der Waals surface area contributed by atoms with Crippen molar-refractivity contribution in [2.45, 2.75) is 18.1 Å². The minimum absolute atomic E-state index is 0.0932. The maximum atomic E-state index is 8.97. The Balaban J connectivity index is 1.81. The predicted molar refractivity (Wildman–Crippen MR) is 78.4 cm³/mol. The number of nitrogens with zero attached hydrogens (tertiary/aromatic N) is 2. The van der Waals surface area contributed by atoms with Gasteiger partial charge in [0.25, 0.3) is 0 Å². The van der Waals surface area contributed by atoms with Crippen molar-refractivity contribution in [2.75, 3.05) is 18.1 Å². The lowest BCUT2D eigenvalue weighted by Gasteiger charge is -2.06. The molecule has 5 heteroatoms. The van der Waals surface area contributed by atoms with Gasteiger partial charge in [-0.05, 0) is 35.9 Å². The van der Waals surface area contributed by atoms with Crippen LogP contribution in [0.4, 0.5) is 5.82 Å². The quantitative estimate of drug-likeness (QED) is 0.793. The van der Waals surface area contributed by atoms with Crippen molar-refractivity contribution < 1.29 is 5.11 Å². The molecule has 0 amide bonds. The molecule has 0 saturated carbocycles. The molecular weight excluding hydrogens is 258 g/mol. The van der Waals surface area contributed by atoms with Crippen LogP contribution in [-0.2, 0) is 13.0 Å². The molecule has 0 aliphatic carbocycles. The standard InChI is InChI=1S/C14H17N3OS/c1-19-14-7-6-13(16-17-14)15-9-8-11-2-4-12(10-18)5-3-11/h2-7,18H,8-10H2,1H3,(H,15,16). The van der Waals surface area contributed by atoms with E-state index in [2.05, 4.69) is 15.5 Å². The first-order valence-electron chi connectivity index (χ1n) is 6.12. The lowest BCUT2D eigenvalue weighted by Crippen LogP contribution is -2.07. The highest BCUT2D eigenvalue weighted by Gasteiger charge is 1.97. The Morgan fingerprint density at radius 3 is 2.37 bits per heavy atom. The van der Waals surface area contributed by atoms with Crippen molar-refractivity contribution in [1.82, 2.24) is 10.2 Å². The van der Waals surface area contributed by atoms with E-state index in [9.17, 15) is 0 Å². The van der Waals surface area contributed by atoms with Gasteiger partial charge in [-0.3, -0.25) is 0 Å². The maximum absolute atomic E-state index is 8.97. The number of anilines is 1. The number of nitrogens with one attached hydrogen (secondary N) is 1. The van der Waals surface area contributed by atoms with Gasteiger partial charge in [0.1, 0.15) is 10.8 Å². The van der Waals surface area contributed by atoms with Crippen LogP contribution in [0.2, 0.25) is 0 Å². The molecule has 19 heavy (non-hydrogen) atoms. The SMILES string of the molecule is CSc1ccc(NCCc2ccc(CO)cc2)nn1. The summed E-state index contributed by atoms with van der Waals surface area (Å²) in [5.41, 5.74) is 2.17. The van der Waals surface area contributed by atoms with E-state index in [0.29, 0.717) is 0 Å². The van der Waals surface area contributed by atoms with Crippen LogP contribution in [0.1, 0.15) is 11.1 Å². The zero-order valence-electron chi connectivity index (χ0n) is 10.8. The van der Waals surface area contributed by atoms with Crippen LogP contribution in [-0.4, -0.2) is 28.1 Å². The van der Waals surface area contributed by atoms with Crippen LogP contribution in [0.5, 0.6) is 0 Å². The van der Waals surface area contributed by atoms with Crippen LogP contribution < -0.4 is 5.32 Å². The molecule has 0 spiro atoms. The molecule has 0 aliphatic rings. The molecule has 1 aromatic heterocycles. The summed E-state index contributed by atoms with van der Waals surface area (Å²) in [7, 11) is 0. The van der Waals surface area contributed by atoms with Crippen molar-refractivity contribution in [3.05, 3.63) is 47.5 Å². The van der Waals surface area contributed by atoms with Crippen molar-refractivity contribution in [3.8, 4) is 0 Å². The molecule has 0 aliphatic heterocycles. The largest absolute Gasteiger partial charge is 0.392 e. The summed E-state index contributed by atoms with van der Waals surface area (Å²) in [6.45, 7) is 0.904. The average molecular weight is 275 g/mol. The molecule has 1 heterocycles. The first kappa shape index (κ1) is 13.8. The van der Waals surface area contributed by atoms with Gasteiger partial charge in [0.05, 0.1) is 6.61 Å². The molecule has 2 N–H and O–H groups in total. The summed E-state index contributed by atoms with van der Waals surface area (Å²) in [6, 6.07) is 11.9. The third kappa shape index (κ3) is 4.22. The second kappa shape index (κ2) is 7.11. The fourth-order valence-corrected chi connectivity index (χ4v) is 2.00. The van der Waals surface area contributed by atoms with E-state index in [1.165, 1.54) is 5.56 Å². The Kier molecular flexibility index (Phi) is 5.18. The third-order valence-electron chi connectivity index (χ3n) is 2.77. The van der Waals surface area contributed by atoms with E-state index in [4.69, 9.17) is 5.11 Å². The van der Waals surface area contributed by atoms with E-state index >= 15 is 0 Å². The second-order valence-electron chi connectivity index (χ2n) is 4.11. The summed E-state index contributed by atoms with van der Waals surface area (Å²) in [5.74, 6) is 0.796. The Bertz CT molecular complexity index is 452. The van der Waals surface area contributed by atoms with Crippen molar-refractivity contribution in [2.24, 2.45) is 0 Å². The Hall–Kier alpha value is -1.59. The van der Waals surface area contributed by atoms with Crippen molar-refractivity contribution in [1.29, 1.82) is 0 Å². The fourth-order valence-electron chi connectivity index (χ4n) is 1.67. The molecule has 0 unspecified atom stereocenters. The number of thioether (sulfide) groups is 1. The zero-order chi connectivity index (χ0) is 13.5. The predicted octanol–water partition coefficient (Wildman–Crippen LogP) is 2.35. The first-order chi connectivity index (χ1) is 9.31. The van der Waals surface area contributed by atoms with Gasteiger partial charge in [0, 0.05) is 6.54 Å². The normalized spacial score (nSPS) is 10.4. The molecular formula is C14H17N3OS. The molecule has 0 saturated heterocycles. The number of aliphatic hydroxyl groups excluding tert-OH is 1. The molecule has 100 valence electrons. The number of hydrogen-bond acceptors (Lipinski definition) is 5. The summed E-state index contributed by atoms with van der Waals surface area (Å²) >= 11 is 1.58. The minimum Gasteiger partial charge on any atom is -0.392 e. The average Bonchev–Trinajstić information content (AvgIpc) is 2.49. The smallest absolute Gasteiger partial charge is 0.148 e. The van der Waals surface area contributed by atoms with Crippen molar-refractivity contribution in [3.63, 3.8) is 0 Å². The molecule has 4 nitrogen and oxygen atoms in total. The first-order valence-corrected chi connectivity index (χ1v) is 7.34. The molecule has 0 atom stereocenters. The third-order valence-corrected chi connectivity index (χ3v) is 3.41. The number of aromatic nitrogens is 2. The number of rotatable bonds is 6. The second-order valence-corrected chi connectivity index (χ2v) is 4.94. The summed E-state index contributed by atoms with van der Waals surface area (Å²) in [4.78, 5) is 0. The molecule has 0 fully saturated rings. The van der Waals surface area contributed by atoms with Gasteiger partial charge in [-0.1, -0.05) is 24.3 Å². The number of hydrogen-bond donors (Lipinski definition) is 2. The zero-order valence-corrected chi connectivity index (χ0v) is 11.7. The maximum Gasteiger partial charge on any atom is 0.148 e. The van der Waals surface area contributed by atoms with Gasteiger partial charge in [0.15, 0.2) is 0 Å². The van der Waals surface area contributed by atoms with Gasteiger partial charge < -0.3 is 10.4 Å². The van der Waals surface area contributed by atoms with Crippen LogP contribution in [0, 0.1) is 0 Å². The highest BCUT2D eigenvalue weighted by Crippen LogP contribution is 2.11. The van der Waals surface area contributed by atoms with E-state index in [0.717, 1.165) is 29.4 Å². The summed E-state index contributed by atoms with van der Waals surface area (Å²) in [5, 5.41) is 21.3. The van der Waals surface area contributed by atoms with Gasteiger partial charge in [-0.25, -0.2) is 0 Å². The molecule has 1 aromatic carbocycles. The van der Waals surface area contributed by atoms with E-state index in [1.54, 1.807) is 11.8 Å². The van der Waals surface area contributed by atoms with Gasteiger partial charge in [0.2, 0.25) is 0 Å². The van der Waals surface area contributed by atoms with Crippen LogP contribution in [0.3, 0.4) is 0 Å². The number of benzene rings is 1. The molecule has 2 rings (SSSR count). The Morgan fingerprint density at radius 2 is 1.79 bits per heavy atom. The van der Waals surface area contributed by atoms with Crippen LogP contribution in [0.25, 0.3) is 0 Å². The van der Waals surface area contributed by atoms with Gasteiger partial charge >= 0.3 is 0 Å². The highest BCUT2D eigenvalue weighted by atomic mass is 32.2. The molecule has 0 radical (unpaired) electrons. The molecule has 2 aromatic rings. The lowest BCUT2D eigenvalue weighted by atomic mass is 10.1. The summed E-state index contributed by atoms with van der Waals surface area (Å²) < 4.78 is 0. The Morgan fingerprint density at radius 1 is 1.05 bits per heavy atom. The van der Waals surface area contributed by atoms with E-state index in [-0.39, 0.29) is 6.61 Å². The molecule has 0 bridgehead atoms. The lowest BCUT2D eigenvalue weighted by molar-refractivity contribution is 0.282. The number of aliphatic hydroxyl groups is 1. The van der Waals surface area contributed by atoms with Gasteiger partial charge in [-0.2, -0.15) is 0 Å². The van der Waals surface area contributed by atoms with E-state index < -0.39 is 0 Å². The topological polar surface area (TPSA) is 58.0 Å². The summed E-state index contributed by atoms with van der Waals surface area (Å²) in [6.07, 6.45) is 2.89.